The summed E-state index contributed by atoms with van der Waals surface area (Å²) in [4.78, 5) is 15.9. The number of carbonyl (C=O) groups excluding carboxylic acids is 1. The van der Waals surface area contributed by atoms with Crippen LogP contribution < -0.4 is 4.98 Å². The minimum absolute atomic E-state index is 0.0488. The van der Waals surface area contributed by atoms with E-state index in [1.807, 2.05) is 11.2 Å². The fourth-order valence-corrected chi connectivity index (χ4v) is 6.44. The number of hydrogen-bond donors (Lipinski definition) is 1. The fourth-order valence-electron chi connectivity index (χ4n) is 1.40. The summed E-state index contributed by atoms with van der Waals surface area (Å²) in [6, 6.07) is -0.143. The van der Waals surface area contributed by atoms with Crippen molar-refractivity contribution in [3.05, 3.63) is 0 Å². The molecule has 0 amide bonds. The van der Waals surface area contributed by atoms with Gasteiger partial charge in [-0.1, -0.05) is 39.3 Å². The second-order valence-corrected chi connectivity index (χ2v) is 26.5. The molecule has 0 spiro atoms. The highest BCUT2D eigenvalue weighted by molar-refractivity contribution is 8.28. The first-order valence-electron chi connectivity index (χ1n) is 6.84. The predicted molar refractivity (Wildman–Crippen MR) is 95.5 cm³/mol. The molecule has 0 heterocycles. The predicted octanol–water partition coefficient (Wildman–Crippen LogP) is 3.73. The van der Waals surface area contributed by atoms with E-state index in [1.165, 1.54) is 0 Å². The Morgan fingerprint density at radius 3 is 1.84 bits per heavy atom. The van der Waals surface area contributed by atoms with Gasteiger partial charge in [0.05, 0.1) is 0 Å². The molecule has 114 valence electrons. The monoisotopic (exact) mass is 337 g/mol. The van der Waals surface area contributed by atoms with Crippen molar-refractivity contribution in [3.8, 4) is 0 Å². The maximum Gasteiger partial charge on any atom is 0.310 e. The zero-order valence-electron chi connectivity index (χ0n) is 14.0. The van der Waals surface area contributed by atoms with Crippen molar-refractivity contribution in [2.75, 3.05) is 5.75 Å². The molecule has 0 aromatic heterocycles. The molecule has 0 aliphatic heterocycles. The van der Waals surface area contributed by atoms with Crippen molar-refractivity contribution in [2.24, 2.45) is 0 Å². The molecule has 0 radical (unpaired) electrons. The van der Waals surface area contributed by atoms with Crippen molar-refractivity contribution >= 4 is 41.0 Å². The first-order valence-corrected chi connectivity index (χ1v) is 19.0. The van der Waals surface area contributed by atoms with Gasteiger partial charge in [0.1, 0.15) is 21.5 Å². The molecule has 3 nitrogen and oxygen atoms in total. The molecule has 0 fully saturated rings. The molecule has 0 saturated carbocycles. The molecule has 0 saturated heterocycles. The van der Waals surface area contributed by atoms with Crippen molar-refractivity contribution in [3.63, 3.8) is 0 Å². The lowest BCUT2D eigenvalue weighted by molar-refractivity contribution is -0.136. The van der Waals surface area contributed by atoms with E-state index in [0.29, 0.717) is 0 Å². The Morgan fingerprint density at radius 1 is 1.05 bits per heavy atom. The second-order valence-electron chi connectivity index (χ2n) is 7.90. The Morgan fingerprint density at radius 2 is 1.53 bits per heavy atom. The van der Waals surface area contributed by atoms with Gasteiger partial charge in [-0.2, -0.15) is 11.2 Å². The summed E-state index contributed by atoms with van der Waals surface area (Å²) in [6.45, 7) is 19.8. The van der Waals surface area contributed by atoms with Gasteiger partial charge in [0.2, 0.25) is 8.32 Å². The Labute approximate surface area is 126 Å². The summed E-state index contributed by atoms with van der Waals surface area (Å²) >= 11 is 1.95. The lowest BCUT2D eigenvalue weighted by atomic mass is 10.4. The molecule has 7 heteroatoms. The third-order valence-electron chi connectivity index (χ3n) is 1.98. The van der Waals surface area contributed by atoms with Gasteiger partial charge in [-0.3, -0.25) is 4.79 Å². The van der Waals surface area contributed by atoms with Crippen LogP contribution in [-0.2, 0) is 9.22 Å². The summed E-state index contributed by atoms with van der Waals surface area (Å²) in [6.07, 6.45) is 0. The molecular formula is C12H31NO2SSi3. The number of hydrogen-bond acceptors (Lipinski definition) is 4. The lowest BCUT2D eigenvalue weighted by Crippen LogP contribution is -2.54. The molecule has 0 aliphatic rings. The van der Waals surface area contributed by atoms with Gasteiger partial charge in [0.25, 0.3) is 0 Å². The average molecular weight is 338 g/mol. The Hall–Kier alpha value is 0.431. The van der Waals surface area contributed by atoms with Crippen LogP contribution in [0.25, 0.3) is 0 Å². The Kier molecular flexibility index (Phi) is 7.08. The summed E-state index contributed by atoms with van der Waals surface area (Å²) in [7, 11) is -4.50. The summed E-state index contributed by atoms with van der Waals surface area (Å²) < 4.78 is 5.67. The zero-order valence-corrected chi connectivity index (χ0v) is 17.8. The van der Waals surface area contributed by atoms with E-state index < -0.39 is 23.8 Å². The minimum atomic E-state index is -1.81. The standard InChI is InChI=1S/C12H31NO2SSi3/c1-17(2,3)13-11(10-16-19(7,8)9)12(14)15-18(4,5)6/h11,13H,10H2,1-9H3/t11-/m0/s1. The van der Waals surface area contributed by atoms with Gasteiger partial charge in [0.15, 0.2) is 0 Å². The van der Waals surface area contributed by atoms with Crippen molar-refractivity contribution in [1.82, 2.24) is 4.98 Å². The van der Waals surface area contributed by atoms with E-state index in [1.54, 1.807) is 0 Å². The third kappa shape index (κ3) is 11.9. The highest BCUT2D eigenvalue weighted by atomic mass is 32.4. The molecule has 0 rings (SSSR count). The highest BCUT2D eigenvalue weighted by Gasteiger charge is 2.31. The lowest BCUT2D eigenvalue weighted by Gasteiger charge is -2.30. The number of carbonyl (C=O) groups is 1. The van der Waals surface area contributed by atoms with Crippen molar-refractivity contribution in [1.29, 1.82) is 0 Å². The first-order chi connectivity index (χ1) is 8.20. The molecule has 1 N–H and O–H groups in total. The molecule has 0 aliphatic carbocycles. The SMILES string of the molecule is C[Si](C)(C)N[C@@H](CS[Si](C)(C)C)C(=O)O[Si](C)(C)C. The first kappa shape index (κ1) is 19.4. The van der Waals surface area contributed by atoms with Crippen LogP contribution in [-0.4, -0.2) is 41.5 Å². The van der Waals surface area contributed by atoms with Gasteiger partial charge in [-0.05, 0) is 19.6 Å². The Bertz CT molecular complexity index is 306. The summed E-state index contributed by atoms with van der Waals surface area (Å²) in [5, 5.41) is 0. The van der Waals surface area contributed by atoms with E-state index in [2.05, 4.69) is 63.9 Å². The molecule has 0 aromatic rings. The van der Waals surface area contributed by atoms with E-state index in [0.717, 1.165) is 5.75 Å². The van der Waals surface area contributed by atoms with Crippen LogP contribution in [0, 0.1) is 0 Å². The van der Waals surface area contributed by atoms with Crippen LogP contribution >= 0.6 is 11.2 Å². The largest absolute Gasteiger partial charge is 0.519 e. The van der Waals surface area contributed by atoms with Gasteiger partial charge in [0, 0.05) is 5.75 Å². The van der Waals surface area contributed by atoms with Crippen LogP contribution in [0.5, 0.6) is 0 Å². The number of rotatable bonds is 7. The molecule has 0 unspecified atom stereocenters. The van der Waals surface area contributed by atoms with Crippen LogP contribution in [0.3, 0.4) is 0 Å². The molecule has 19 heavy (non-hydrogen) atoms. The molecule has 0 bridgehead atoms. The van der Waals surface area contributed by atoms with E-state index in [-0.39, 0.29) is 12.0 Å². The maximum absolute atomic E-state index is 12.3. The summed E-state index contributed by atoms with van der Waals surface area (Å²) in [5.74, 6) is 0.788. The number of nitrogens with one attached hydrogen (secondary N) is 1. The Balaban J connectivity index is 4.72. The average Bonchev–Trinajstić information content (AvgIpc) is 2.05. The van der Waals surface area contributed by atoms with Crippen LogP contribution in [0.4, 0.5) is 0 Å². The fraction of sp³-hybridized carbons (Fsp3) is 0.917. The second kappa shape index (κ2) is 6.93. The smallest absolute Gasteiger partial charge is 0.310 e. The van der Waals surface area contributed by atoms with Gasteiger partial charge in [-0.25, -0.2) is 0 Å². The zero-order chi connectivity index (χ0) is 15.5. The van der Waals surface area contributed by atoms with Crippen molar-refractivity contribution in [2.45, 2.75) is 65.0 Å². The normalized spacial score (nSPS) is 15.2. The van der Waals surface area contributed by atoms with Gasteiger partial charge >= 0.3 is 5.97 Å². The molecule has 0 aromatic carbocycles. The van der Waals surface area contributed by atoms with Crippen molar-refractivity contribution < 1.29 is 9.22 Å². The third-order valence-corrected chi connectivity index (χ3v) is 8.47. The van der Waals surface area contributed by atoms with E-state index >= 15 is 0 Å². The van der Waals surface area contributed by atoms with Crippen LogP contribution in [0.15, 0.2) is 0 Å². The minimum Gasteiger partial charge on any atom is -0.519 e. The van der Waals surface area contributed by atoms with E-state index in [9.17, 15) is 4.79 Å². The van der Waals surface area contributed by atoms with Crippen LogP contribution in [0.1, 0.15) is 0 Å². The van der Waals surface area contributed by atoms with Gasteiger partial charge in [-0.15, -0.1) is 0 Å². The molecular weight excluding hydrogens is 306 g/mol. The van der Waals surface area contributed by atoms with Gasteiger partial charge < -0.3 is 9.41 Å². The quantitative estimate of drug-likeness (QED) is 0.718. The molecule has 1 atom stereocenters. The topological polar surface area (TPSA) is 38.3 Å². The van der Waals surface area contributed by atoms with E-state index in [4.69, 9.17) is 4.43 Å². The summed E-state index contributed by atoms with van der Waals surface area (Å²) in [5.41, 5.74) is 0. The maximum atomic E-state index is 12.3. The van der Waals surface area contributed by atoms with Crippen LogP contribution in [0.2, 0.25) is 58.9 Å². The highest BCUT2D eigenvalue weighted by Crippen LogP contribution is 2.21.